The minimum absolute atomic E-state index is 0.0900. The molecule has 0 saturated heterocycles. The van der Waals surface area contributed by atoms with Crippen molar-refractivity contribution in [3.05, 3.63) is 46.0 Å². The first-order valence-electron chi connectivity index (χ1n) is 7.65. The number of rotatable bonds is 6. The predicted octanol–water partition coefficient (Wildman–Crippen LogP) is 3.60. The molecule has 0 radical (unpaired) electrons. The number of benzene rings is 1. The van der Waals surface area contributed by atoms with Crippen molar-refractivity contribution in [1.82, 2.24) is 15.0 Å². The number of halogens is 2. The molecule has 0 aliphatic carbocycles. The van der Waals surface area contributed by atoms with E-state index < -0.39 is 0 Å². The van der Waals surface area contributed by atoms with E-state index in [1.54, 1.807) is 26.4 Å². The lowest BCUT2D eigenvalue weighted by Gasteiger charge is -2.09. The molecule has 0 spiro atoms. The molecular weight excluding hydrogens is 379 g/mol. The predicted molar refractivity (Wildman–Crippen MR) is 99.9 cm³/mol. The van der Waals surface area contributed by atoms with Crippen molar-refractivity contribution in [2.24, 2.45) is 0 Å². The van der Waals surface area contributed by atoms with Crippen LogP contribution in [0.2, 0.25) is 10.0 Å². The van der Waals surface area contributed by atoms with Crippen LogP contribution in [-0.2, 0) is 22.6 Å². The molecule has 1 aromatic carbocycles. The molecule has 0 bridgehead atoms. The summed E-state index contributed by atoms with van der Waals surface area (Å²) in [5.74, 6) is 1.01. The Labute approximate surface area is 159 Å². The highest BCUT2D eigenvalue weighted by molar-refractivity contribution is 6.39. The molecule has 0 aliphatic rings. The normalized spacial score (nSPS) is 10.9. The molecule has 2 N–H and O–H groups in total. The fourth-order valence-electron chi connectivity index (χ4n) is 2.58. The topological polar surface area (TPSA) is 89.1 Å². The molecule has 0 aliphatic heterocycles. The molecule has 0 saturated carbocycles. The smallest absolute Gasteiger partial charge is 0.228 e. The van der Waals surface area contributed by atoms with E-state index in [9.17, 15) is 4.79 Å². The van der Waals surface area contributed by atoms with E-state index in [1.807, 2.05) is 0 Å². The molecule has 2 heterocycles. The number of pyridine rings is 1. The standard InChI is InChI=1S/C17H16Cl2N4O3/c1-25-8-13-21-15-9(3-4-12(26-2)17(15)22-13)5-14(24)23-16-10(18)6-20-7-11(16)19/h3-4,6-7H,5,8H2,1-2H3,(H,21,22)(H,20,23,24). The van der Waals surface area contributed by atoms with Gasteiger partial charge in [0.05, 0.1) is 34.8 Å². The van der Waals surface area contributed by atoms with Crippen LogP contribution in [0, 0.1) is 0 Å². The molecule has 3 aromatic rings. The minimum atomic E-state index is -0.275. The van der Waals surface area contributed by atoms with Crippen LogP contribution >= 0.6 is 23.2 Å². The summed E-state index contributed by atoms with van der Waals surface area (Å²) in [6.07, 6.45) is 2.92. The Kier molecular flexibility index (Phi) is 5.61. The molecule has 7 nitrogen and oxygen atoms in total. The summed E-state index contributed by atoms with van der Waals surface area (Å²) in [7, 11) is 3.16. The van der Waals surface area contributed by atoms with Crippen molar-refractivity contribution < 1.29 is 14.3 Å². The third kappa shape index (κ3) is 3.75. The number of nitrogens with one attached hydrogen (secondary N) is 2. The average molecular weight is 395 g/mol. The van der Waals surface area contributed by atoms with Crippen LogP contribution in [0.25, 0.3) is 11.0 Å². The van der Waals surface area contributed by atoms with Gasteiger partial charge in [0.2, 0.25) is 5.91 Å². The van der Waals surface area contributed by atoms with Crippen LogP contribution < -0.4 is 10.1 Å². The van der Waals surface area contributed by atoms with Crippen LogP contribution in [0.4, 0.5) is 5.69 Å². The van der Waals surface area contributed by atoms with Gasteiger partial charge in [0.25, 0.3) is 0 Å². The molecule has 136 valence electrons. The van der Waals surface area contributed by atoms with E-state index in [1.165, 1.54) is 12.4 Å². The summed E-state index contributed by atoms with van der Waals surface area (Å²) in [4.78, 5) is 24.0. The molecule has 26 heavy (non-hydrogen) atoms. The van der Waals surface area contributed by atoms with Gasteiger partial charge >= 0.3 is 0 Å². The van der Waals surface area contributed by atoms with Crippen LogP contribution in [0.3, 0.4) is 0 Å². The number of imidazole rings is 1. The number of carbonyl (C=O) groups is 1. The zero-order valence-electron chi connectivity index (χ0n) is 14.1. The summed E-state index contributed by atoms with van der Waals surface area (Å²) in [5.41, 5.74) is 2.43. The molecule has 0 unspecified atom stereocenters. The van der Waals surface area contributed by atoms with Crippen LogP contribution in [0.15, 0.2) is 24.5 Å². The van der Waals surface area contributed by atoms with Crippen molar-refractivity contribution >= 4 is 45.8 Å². The fraction of sp³-hybridized carbons (Fsp3) is 0.235. The Morgan fingerprint density at radius 3 is 2.62 bits per heavy atom. The van der Waals surface area contributed by atoms with Gasteiger partial charge in [-0.15, -0.1) is 0 Å². The molecule has 1 amide bonds. The van der Waals surface area contributed by atoms with E-state index in [4.69, 9.17) is 32.7 Å². The number of methoxy groups -OCH3 is 2. The lowest BCUT2D eigenvalue weighted by Crippen LogP contribution is -2.15. The van der Waals surface area contributed by atoms with Crippen molar-refractivity contribution in [3.8, 4) is 5.75 Å². The molecule has 3 rings (SSSR count). The Morgan fingerprint density at radius 1 is 1.23 bits per heavy atom. The van der Waals surface area contributed by atoms with Gasteiger partial charge in [0, 0.05) is 19.5 Å². The van der Waals surface area contributed by atoms with Crippen LogP contribution in [-0.4, -0.2) is 35.1 Å². The first kappa shape index (κ1) is 18.4. The molecule has 0 fully saturated rings. The highest BCUT2D eigenvalue weighted by Gasteiger charge is 2.16. The number of hydrogen-bond acceptors (Lipinski definition) is 5. The summed E-state index contributed by atoms with van der Waals surface area (Å²) in [6.45, 7) is 0.325. The highest BCUT2D eigenvalue weighted by Crippen LogP contribution is 2.30. The van der Waals surface area contributed by atoms with Crippen molar-refractivity contribution in [2.75, 3.05) is 19.5 Å². The average Bonchev–Trinajstić information content (AvgIpc) is 3.03. The Hall–Kier alpha value is -2.35. The highest BCUT2D eigenvalue weighted by atomic mass is 35.5. The number of carbonyl (C=O) groups excluding carboxylic acids is 1. The van der Waals surface area contributed by atoms with Gasteiger partial charge in [-0.25, -0.2) is 4.98 Å². The monoisotopic (exact) mass is 394 g/mol. The fourth-order valence-corrected chi connectivity index (χ4v) is 3.04. The SMILES string of the molecule is COCc1nc2c(CC(=O)Nc3c(Cl)cncc3Cl)ccc(OC)c2[nH]1. The number of aromatic nitrogens is 3. The van der Waals surface area contributed by atoms with E-state index in [-0.39, 0.29) is 22.4 Å². The van der Waals surface area contributed by atoms with E-state index in [2.05, 4.69) is 20.3 Å². The Balaban J connectivity index is 1.89. The van der Waals surface area contributed by atoms with Crippen LogP contribution in [0.1, 0.15) is 11.4 Å². The van der Waals surface area contributed by atoms with Crippen molar-refractivity contribution in [3.63, 3.8) is 0 Å². The van der Waals surface area contributed by atoms with Gasteiger partial charge in [-0.1, -0.05) is 29.3 Å². The van der Waals surface area contributed by atoms with Gasteiger partial charge in [-0.3, -0.25) is 9.78 Å². The first-order chi connectivity index (χ1) is 12.5. The number of fused-ring (bicyclic) bond motifs is 1. The van der Waals surface area contributed by atoms with Gasteiger partial charge < -0.3 is 19.8 Å². The molecule has 0 atom stereocenters. The van der Waals surface area contributed by atoms with E-state index in [0.29, 0.717) is 34.9 Å². The number of nitrogens with zero attached hydrogens (tertiary/aromatic N) is 2. The number of aromatic amines is 1. The largest absolute Gasteiger partial charge is 0.494 e. The summed E-state index contributed by atoms with van der Waals surface area (Å²) < 4.78 is 10.5. The molecule has 9 heteroatoms. The maximum absolute atomic E-state index is 12.5. The maximum Gasteiger partial charge on any atom is 0.228 e. The molecular formula is C17H16Cl2N4O3. The number of hydrogen-bond donors (Lipinski definition) is 2. The molecule has 2 aromatic heterocycles. The zero-order valence-corrected chi connectivity index (χ0v) is 15.6. The summed E-state index contributed by atoms with van der Waals surface area (Å²) in [6, 6.07) is 3.58. The first-order valence-corrected chi connectivity index (χ1v) is 8.41. The second-order valence-corrected chi connectivity index (χ2v) is 6.28. The van der Waals surface area contributed by atoms with Gasteiger partial charge in [-0.2, -0.15) is 0 Å². The van der Waals surface area contributed by atoms with E-state index >= 15 is 0 Å². The maximum atomic E-state index is 12.5. The zero-order chi connectivity index (χ0) is 18.7. The third-order valence-electron chi connectivity index (χ3n) is 3.71. The number of H-pyrrole nitrogens is 1. The number of ether oxygens (including phenoxy) is 2. The Bertz CT molecular complexity index is 938. The van der Waals surface area contributed by atoms with Gasteiger partial charge in [0.1, 0.15) is 23.7 Å². The van der Waals surface area contributed by atoms with Crippen molar-refractivity contribution in [2.45, 2.75) is 13.0 Å². The number of anilines is 1. The summed E-state index contributed by atoms with van der Waals surface area (Å²) >= 11 is 12.1. The third-order valence-corrected chi connectivity index (χ3v) is 4.28. The minimum Gasteiger partial charge on any atom is -0.494 e. The van der Waals surface area contributed by atoms with Gasteiger partial charge in [-0.05, 0) is 11.6 Å². The Morgan fingerprint density at radius 2 is 1.96 bits per heavy atom. The van der Waals surface area contributed by atoms with Crippen molar-refractivity contribution in [1.29, 1.82) is 0 Å². The summed E-state index contributed by atoms with van der Waals surface area (Å²) in [5, 5.41) is 3.26. The van der Waals surface area contributed by atoms with Crippen LogP contribution in [0.5, 0.6) is 5.75 Å². The lowest BCUT2D eigenvalue weighted by atomic mass is 10.1. The quantitative estimate of drug-likeness (QED) is 0.666. The number of amides is 1. The lowest BCUT2D eigenvalue weighted by molar-refractivity contribution is -0.115. The van der Waals surface area contributed by atoms with E-state index in [0.717, 1.165) is 5.56 Å². The second-order valence-electron chi connectivity index (χ2n) is 5.47. The van der Waals surface area contributed by atoms with Gasteiger partial charge in [0.15, 0.2) is 0 Å². The second kappa shape index (κ2) is 7.90.